The van der Waals surface area contributed by atoms with Crippen molar-refractivity contribution in [3.05, 3.63) is 72.1 Å². The first kappa shape index (κ1) is 13.7. The van der Waals surface area contributed by atoms with E-state index in [0.717, 1.165) is 29.7 Å². The van der Waals surface area contributed by atoms with Crippen LogP contribution in [0.1, 0.15) is 30.6 Å². The van der Waals surface area contributed by atoms with Crippen molar-refractivity contribution in [3.8, 4) is 0 Å². The average molecular weight is 277 g/mol. The maximum Gasteiger partial charge on any atom is 0.0890 e. The Morgan fingerprint density at radius 2 is 1.67 bits per heavy atom. The Labute approximate surface area is 125 Å². The molecule has 0 spiro atoms. The monoisotopic (exact) mass is 277 g/mol. The van der Waals surface area contributed by atoms with E-state index in [0.29, 0.717) is 6.04 Å². The summed E-state index contributed by atoms with van der Waals surface area (Å²) in [5.41, 5.74) is 4.18. The van der Waals surface area contributed by atoms with Gasteiger partial charge in [-0.15, -0.1) is 0 Å². The van der Waals surface area contributed by atoms with Crippen molar-refractivity contribution < 1.29 is 0 Å². The van der Waals surface area contributed by atoms with Gasteiger partial charge < -0.3 is 5.32 Å². The van der Waals surface area contributed by atoms with Crippen LogP contribution in [-0.4, -0.2) is 9.97 Å². The molecule has 1 N–H and O–H groups in total. The van der Waals surface area contributed by atoms with Gasteiger partial charge in [0.1, 0.15) is 0 Å². The number of hydrogen-bond acceptors (Lipinski definition) is 3. The quantitative estimate of drug-likeness (QED) is 0.769. The van der Waals surface area contributed by atoms with Gasteiger partial charge in [0.2, 0.25) is 0 Å². The van der Waals surface area contributed by atoms with E-state index in [4.69, 9.17) is 0 Å². The molecule has 0 aliphatic carbocycles. The molecule has 2 aromatic carbocycles. The molecule has 0 fully saturated rings. The minimum atomic E-state index is 0.347. The fraction of sp³-hybridized carbons (Fsp3) is 0.222. The summed E-state index contributed by atoms with van der Waals surface area (Å²) in [6.45, 7) is 2.92. The molecule has 1 aromatic heterocycles. The van der Waals surface area contributed by atoms with Crippen molar-refractivity contribution in [1.82, 2.24) is 15.3 Å². The van der Waals surface area contributed by atoms with Crippen LogP contribution in [0.5, 0.6) is 0 Å². The standard InChI is InChI=1S/C18H19N3/c1-2-16(14-8-4-3-5-9-14)19-12-15-13-20-17-10-6-7-11-18(17)21-15/h3-11,13,16,19H,2,12H2,1H3. The molecule has 0 saturated carbocycles. The molecule has 21 heavy (non-hydrogen) atoms. The van der Waals surface area contributed by atoms with Crippen LogP contribution < -0.4 is 5.32 Å². The lowest BCUT2D eigenvalue weighted by atomic mass is 10.0. The van der Waals surface area contributed by atoms with Gasteiger partial charge in [-0.2, -0.15) is 0 Å². The number of para-hydroxylation sites is 2. The van der Waals surface area contributed by atoms with Crippen LogP contribution in [0.3, 0.4) is 0 Å². The number of rotatable bonds is 5. The van der Waals surface area contributed by atoms with Gasteiger partial charge >= 0.3 is 0 Å². The van der Waals surface area contributed by atoms with Crippen LogP contribution in [0.15, 0.2) is 60.8 Å². The number of hydrogen-bond donors (Lipinski definition) is 1. The zero-order chi connectivity index (χ0) is 14.5. The number of nitrogens with zero attached hydrogens (tertiary/aromatic N) is 2. The molecule has 0 amide bonds. The summed E-state index contributed by atoms with van der Waals surface area (Å²) in [6.07, 6.45) is 2.90. The highest BCUT2D eigenvalue weighted by atomic mass is 14.9. The highest BCUT2D eigenvalue weighted by Gasteiger charge is 2.08. The van der Waals surface area contributed by atoms with Gasteiger partial charge in [-0.3, -0.25) is 4.98 Å². The zero-order valence-electron chi connectivity index (χ0n) is 12.2. The lowest BCUT2D eigenvalue weighted by molar-refractivity contribution is 0.514. The van der Waals surface area contributed by atoms with Crippen molar-refractivity contribution >= 4 is 11.0 Å². The second-order valence-corrected chi connectivity index (χ2v) is 5.10. The molecule has 3 nitrogen and oxygen atoms in total. The third-order valence-electron chi connectivity index (χ3n) is 3.64. The predicted octanol–water partition coefficient (Wildman–Crippen LogP) is 3.87. The van der Waals surface area contributed by atoms with Crippen LogP contribution in [-0.2, 0) is 6.54 Å². The van der Waals surface area contributed by atoms with E-state index in [1.54, 1.807) is 0 Å². The normalized spacial score (nSPS) is 12.4. The summed E-state index contributed by atoms with van der Waals surface area (Å²) in [7, 11) is 0. The van der Waals surface area contributed by atoms with Gasteiger partial charge in [-0.1, -0.05) is 49.4 Å². The molecule has 3 aromatic rings. The maximum absolute atomic E-state index is 4.65. The zero-order valence-corrected chi connectivity index (χ0v) is 12.2. The first-order valence-electron chi connectivity index (χ1n) is 7.36. The van der Waals surface area contributed by atoms with E-state index in [9.17, 15) is 0 Å². The topological polar surface area (TPSA) is 37.8 Å². The van der Waals surface area contributed by atoms with Crippen molar-refractivity contribution in [1.29, 1.82) is 0 Å². The number of nitrogens with one attached hydrogen (secondary N) is 1. The van der Waals surface area contributed by atoms with E-state index >= 15 is 0 Å². The Morgan fingerprint density at radius 1 is 0.952 bits per heavy atom. The van der Waals surface area contributed by atoms with Crippen LogP contribution in [0.4, 0.5) is 0 Å². The Hall–Kier alpha value is -2.26. The van der Waals surface area contributed by atoms with E-state index in [-0.39, 0.29) is 0 Å². The second-order valence-electron chi connectivity index (χ2n) is 5.10. The molecule has 106 valence electrons. The van der Waals surface area contributed by atoms with Gasteiger partial charge in [-0.25, -0.2) is 4.98 Å². The Bertz CT molecular complexity index is 710. The van der Waals surface area contributed by atoms with Crippen molar-refractivity contribution in [2.75, 3.05) is 0 Å². The largest absolute Gasteiger partial charge is 0.304 e. The Morgan fingerprint density at radius 3 is 2.43 bits per heavy atom. The average Bonchev–Trinajstić information content (AvgIpc) is 2.56. The van der Waals surface area contributed by atoms with Crippen LogP contribution in [0, 0.1) is 0 Å². The second kappa shape index (κ2) is 6.46. The summed E-state index contributed by atoms with van der Waals surface area (Å²) >= 11 is 0. The van der Waals surface area contributed by atoms with Crippen LogP contribution in [0.2, 0.25) is 0 Å². The fourth-order valence-corrected chi connectivity index (χ4v) is 2.49. The predicted molar refractivity (Wildman–Crippen MR) is 85.9 cm³/mol. The molecule has 1 unspecified atom stereocenters. The van der Waals surface area contributed by atoms with E-state index < -0.39 is 0 Å². The highest BCUT2D eigenvalue weighted by Crippen LogP contribution is 2.16. The fourth-order valence-electron chi connectivity index (χ4n) is 2.49. The van der Waals surface area contributed by atoms with E-state index in [2.05, 4.69) is 46.5 Å². The van der Waals surface area contributed by atoms with Gasteiger partial charge in [0.25, 0.3) is 0 Å². The third kappa shape index (κ3) is 3.26. The summed E-state index contributed by atoms with van der Waals surface area (Å²) in [4.78, 5) is 9.11. The summed E-state index contributed by atoms with van der Waals surface area (Å²) in [5.74, 6) is 0. The Kier molecular flexibility index (Phi) is 4.22. The minimum Gasteiger partial charge on any atom is -0.304 e. The molecule has 1 heterocycles. The molecular formula is C18H19N3. The summed E-state index contributed by atoms with van der Waals surface area (Å²) < 4.78 is 0. The summed E-state index contributed by atoms with van der Waals surface area (Å²) in [6, 6.07) is 18.8. The number of aromatic nitrogens is 2. The minimum absolute atomic E-state index is 0.347. The van der Waals surface area contributed by atoms with Crippen molar-refractivity contribution in [2.24, 2.45) is 0 Å². The molecule has 0 radical (unpaired) electrons. The number of fused-ring (bicyclic) bond motifs is 1. The van der Waals surface area contributed by atoms with Gasteiger partial charge in [0.05, 0.1) is 22.9 Å². The molecule has 3 heteroatoms. The maximum atomic E-state index is 4.65. The third-order valence-corrected chi connectivity index (χ3v) is 3.64. The smallest absolute Gasteiger partial charge is 0.0890 e. The van der Waals surface area contributed by atoms with Gasteiger partial charge in [0, 0.05) is 12.6 Å². The first-order valence-corrected chi connectivity index (χ1v) is 7.36. The Balaban J connectivity index is 1.73. The SMILES string of the molecule is CCC(NCc1cnc2ccccc2n1)c1ccccc1. The molecule has 1 atom stereocenters. The molecule has 0 saturated heterocycles. The van der Waals surface area contributed by atoms with E-state index in [1.807, 2.05) is 36.5 Å². The van der Waals surface area contributed by atoms with Gasteiger partial charge in [-0.05, 0) is 24.1 Å². The molecule has 0 aliphatic rings. The molecular weight excluding hydrogens is 258 g/mol. The van der Waals surface area contributed by atoms with Crippen molar-refractivity contribution in [2.45, 2.75) is 25.9 Å². The molecule has 0 aliphatic heterocycles. The summed E-state index contributed by atoms with van der Waals surface area (Å²) in [5, 5.41) is 3.56. The van der Waals surface area contributed by atoms with E-state index in [1.165, 1.54) is 5.56 Å². The lowest BCUT2D eigenvalue weighted by Gasteiger charge is -2.17. The number of benzene rings is 2. The first-order chi connectivity index (χ1) is 10.4. The molecule has 3 rings (SSSR count). The van der Waals surface area contributed by atoms with Crippen LogP contribution in [0.25, 0.3) is 11.0 Å². The lowest BCUT2D eigenvalue weighted by Crippen LogP contribution is -2.20. The molecule has 0 bridgehead atoms. The highest BCUT2D eigenvalue weighted by molar-refractivity contribution is 5.73. The van der Waals surface area contributed by atoms with Crippen molar-refractivity contribution in [3.63, 3.8) is 0 Å². The van der Waals surface area contributed by atoms with Crippen LogP contribution >= 0.6 is 0 Å². The van der Waals surface area contributed by atoms with Gasteiger partial charge in [0.15, 0.2) is 0 Å².